The van der Waals surface area contributed by atoms with Crippen molar-refractivity contribution in [3.8, 4) is 0 Å². The van der Waals surface area contributed by atoms with Gasteiger partial charge in [0.15, 0.2) is 5.96 Å². The highest BCUT2D eigenvalue weighted by molar-refractivity contribution is 14.0. The molecule has 0 radical (unpaired) electrons. The van der Waals surface area contributed by atoms with Crippen molar-refractivity contribution in [1.29, 1.82) is 0 Å². The number of furan rings is 1. The molecule has 1 unspecified atom stereocenters. The topological polar surface area (TPSA) is 50.0 Å². The fourth-order valence-electron chi connectivity index (χ4n) is 3.67. The largest absolute Gasteiger partial charge is 0.469 e. The van der Waals surface area contributed by atoms with E-state index in [2.05, 4.69) is 34.5 Å². The van der Waals surface area contributed by atoms with Gasteiger partial charge in [0.1, 0.15) is 5.76 Å². The lowest BCUT2D eigenvalue weighted by Crippen LogP contribution is -2.45. The van der Waals surface area contributed by atoms with Gasteiger partial charge in [-0.3, -0.25) is 4.99 Å². The Morgan fingerprint density at radius 1 is 1.19 bits per heavy atom. The van der Waals surface area contributed by atoms with Crippen molar-refractivity contribution in [2.75, 3.05) is 26.2 Å². The van der Waals surface area contributed by atoms with Crippen LogP contribution in [0.1, 0.15) is 29.7 Å². The maximum absolute atomic E-state index is 5.74. The first kappa shape index (κ1) is 20.2. The molecule has 5 nitrogen and oxygen atoms in total. The number of guanidine groups is 1. The number of fused-ring (bicyclic) bond motifs is 1. The molecule has 0 aliphatic carbocycles. The summed E-state index contributed by atoms with van der Waals surface area (Å²) in [5.41, 5.74) is 2.86. The van der Waals surface area contributed by atoms with Crippen LogP contribution in [0.2, 0.25) is 0 Å². The van der Waals surface area contributed by atoms with E-state index in [4.69, 9.17) is 14.1 Å². The molecular formula is C21H28IN3O2. The van der Waals surface area contributed by atoms with Crippen LogP contribution in [0.3, 0.4) is 0 Å². The van der Waals surface area contributed by atoms with Gasteiger partial charge in [-0.2, -0.15) is 0 Å². The minimum atomic E-state index is 0. The van der Waals surface area contributed by atoms with Crippen LogP contribution < -0.4 is 5.32 Å². The summed E-state index contributed by atoms with van der Waals surface area (Å²) in [6, 6.07) is 12.7. The summed E-state index contributed by atoms with van der Waals surface area (Å²) in [6.07, 6.45) is 6.19. The molecule has 1 N–H and O–H groups in total. The molecule has 146 valence electrons. The van der Waals surface area contributed by atoms with Crippen LogP contribution in [0.4, 0.5) is 0 Å². The van der Waals surface area contributed by atoms with Gasteiger partial charge in [0.2, 0.25) is 0 Å². The molecule has 0 bridgehead atoms. The van der Waals surface area contributed by atoms with Gasteiger partial charge in [0.05, 0.1) is 18.9 Å². The standard InChI is InChI=1S/C21H27N3O2.HI/c1-2-6-18-16-24(12-10-17(18)5-1)21(23-15-20-8-4-14-26-20)22-11-9-19-7-3-13-25-19;/h1-3,5-7,13,20H,4,8-12,14-16H2,(H,22,23);1H. The van der Waals surface area contributed by atoms with Gasteiger partial charge in [0, 0.05) is 32.7 Å². The van der Waals surface area contributed by atoms with E-state index >= 15 is 0 Å². The molecule has 1 saturated heterocycles. The van der Waals surface area contributed by atoms with Gasteiger partial charge in [-0.25, -0.2) is 0 Å². The zero-order valence-electron chi connectivity index (χ0n) is 15.6. The van der Waals surface area contributed by atoms with E-state index < -0.39 is 0 Å². The average molecular weight is 481 g/mol. The van der Waals surface area contributed by atoms with E-state index in [0.29, 0.717) is 0 Å². The minimum absolute atomic E-state index is 0. The molecule has 6 heteroatoms. The molecule has 2 aromatic rings. The smallest absolute Gasteiger partial charge is 0.194 e. The van der Waals surface area contributed by atoms with E-state index in [1.807, 2.05) is 12.1 Å². The van der Waals surface area contributed by atoms with E-state index in [1.165, 1.54) is 11.1 Å². The van der Waals surface area contributed by atoms with Crippen molar-refractivity contribution in [3.63, 3.8) is 0 Å². The third-order valence-electron chi connectivity index (χ3n) is 5.13. The molecule has 0 saturated carbocycles. The molecule has 1 aromatic carbocycles. The normalized spacial score (nSPS) is 19.5. The van der Waals surface area contributed by atoms with Crippen molar-refractivity contribution >= 4 is 29.9 Å². The highest BCUT2D eigenvalue weighted by atomic mass is 127. The van der Waals surface area contributed by atoms with Gasteiger partial charge in [-0.15, -0.1) is 24.0 Å². The Labute approximate surface area is 178 Å². The summed E-state index contributed by atoms with van der Waals surface area (Å²) in [5.74, 6) is 1.99. The van der Waals surface area contributed by atoms with Gasteiger partial charge in [-0.1, -0.05) is 24.3 Å². The first-order chi connectivity index (χ1) is 12.9. The Bertz CT molecular complexity index is 727. The molecule has 0 spiro atoms. The van der Waals surface area contributed by atoms with E-state index in [-0.39, 0.29) is 30.1 Å². The van der Waals surface area contributed by atoms with Crippen LogP contribution in [0.15, 0.2) is 52.1 Å². The number of halogens is 1. The monoisotopic (exact) mass is 481 g/mol. The van der Waals surface area contributed by atoms with Gasteiger partial charge in [0.25, 0.3) is 0 Å². The number of aliphatic imine (C=N–C) groups is 1. The maximum Gasteiger partial charge on any atom is 0.194 e. The number of hydrogen-bond donors (Lipinski definition) is 1. The number of nitrogens with one attached hydrogen (secondary N) is 1. The molecule has 1 aromatic heterocycles. The van der Waals surface area contributed by atoms with Gasteiger partial charge in [-0.05, 0) is 42.5 Å². The fraction of sp³-hybridized carbons (Fsp3) is 0.476. The zero-order valence-corrected chi connectivity index (χ0v) is 17.9. The second-order valence-corrected chi connectivity index (χ2v) is 7.00. The summed E-state index contributed by atoms with van der Waals surface area (Å²) >= 11 is 0. The molecular weight excluding hydrogens is 453 g/mol. The fourth-order valence-corrected chi connectivity index (χ4v) is 3.67. The van der Waals surface area contributed by atoms with Crippen LogP contribution in [0.25, 0.3) is 0 Å². The number of nitrogens with zero attached hydrogens (tertiary/aromatic N) is 2. The number of hydrogen-bond acceptors (Lipinski definition) is 3. The molecule has 0 amide bonds. The van der Waals surface area contributed by atoms with Crippen molar-refractivity contribution in [2.45, 2.75) is 38.3 Å². The first-order valence-electron chi connectivity index (χ1n) is 9.62. The van der Waals surface area contributed by atoms with Crippen molar-refractivity contribution < 1.29 is 9.15 Å². The Balaban J connectivity index is 0.00000210. The summed E-state index contributed by atoms with van der Waals surface area (Å²) in [7, 11) is 0. The number of benzene rings is 1. The predicted octanol–water partition coefficient (Wildman–Crippen LogP) is 3.62. The van der Waals surface area contributed by atoms with Crippen LogP contribution in [-0.2, 0) is 24.1 Å². The average Bonchev–Trinajstić information content (AvgIpc) is 3.38. The second kappa shape index (κ2) is 10.1. The molecule has 4 rings (SSSR count). The summed E-state index contributed by atoms with van der Waals surface area (Å²) in [4.78, 5) is 7.26. The Morgan fingerprint density at radius 3 is 2.85 bits per heavy atom. The Morgan fingerprint density at radius 2 is 2.07 bits per heavy atom. The number of rotatable bonds is 5. The van der Waals surface area contributed by atoms with Crippen LogP contribution >= 0.6 is 24.0 Å². The molecule has 27 heavy (non-hydrogen) atoms. The molecule has 1 fully saturated rings. The minimum Gasteiger partial charge on any atom is -0.469 e. The SMILES string of the molecule is I.c1coc(CCNC(=NCC2CCCO2)N2CCc3ccccc3C2)c1. The molecule has 3 heterocycles. The van der Waals surface area contributed by atoms with Crippen LogP contribution in [-0.4, -0.2) is 43.2 Å². The first-order valence-corrected chi connectivity index (χ1v) is 9.62. The van der Waals surface area contributed by atoms with E-state index in [1.54, 1.807) is 6.26 Å². The second-order valence-electron chi connectivity index (χ2n) is 7.00. The van der Waals surface area contributed by atoms with E-state index in [0.717, 1.165) is 70.2 Å². The maximum atomic E-state index is 5.74. The van der Waals surface area contributed by atoms with Gasteiger partial charge < -0.3 is 19.4 Å². The summed E-state index contributed by atoms with van der Waals surface area (Å²) in [5, 5.41) is 3.54. The van der Waals surface area contributed by atoms with Crippen LogP contribution in [0.5, 0.6) is 0 Å². The van der Waals surface area contributed by atoms with Crippen molar-refractivity contribution in [3.05, 3.63) is 59.5 Å². The lowest BCUT2D eigenvalue weighted by molar-refractivity contribution is 0.117. The van der Waals surface area contributed by atoms with Crippen molar-refractivity contribution in [1.82, 2.24) is 10.2 Å². The van der Waals surface area contributed by atoms with E-state index in [9.17, 15) is 0 Å². The molecule has 2 aliphatic heterocycles. The quantitative estimate of drug-likeness (QED) is 0.403. The van der Waals surface area contributed by atoms with Crippen LogP contribution in [0, 0.1) is 0 Å². The Kier molecular flexibility index (Phi) is 7.58. The summed E-state index contributed by atoms with van der Waals surface area (Å²) < 4.78 is 11.2. The van der Waals surface area contributed by atoms with Crippen molar-refractivity contribution in [2.24, 2.45) is 4.99 Å². The summed E-state index contributed by atoms with van der Waals surface area (Å²) in [6.45, 7) is 4.33. The molecule has 1 atom stereocenters. The third-order valence-corrected chi connectivity index (χ3v) is 5.13. The highest BCUT2D eigenvalue weighted by Crippen LogP contribution is 2.19. The zero-order chi connectivity index (χ0) is 17.6. The Hall–Kier alpha value is -1.54. The highest BCUT2D eigenvalue weighted by Gasteiger charge is 2.20. The number of ether oxygens (including phenoxy) is 1. The lowest BCUT2D eigenvalue weighted by atomic mass is 10.0. The third kappa shape index (κ3) is 5.48. The van der Waals surface area contributed by atoms with Gasteiger partial charge >= 0.3 is 0 Å². The molecule has 2 aliphatic rings. The predicted molar refractivity (Wildman–Crippen MR) is 118 cm³/mol. The lowest BCUT2D eigenvalue weighted by Gasteiger charge is -2.32.